The minimum atomic E-state index is -0.201. The quantitative estimate of drug-likeness (QED) is 0.770. The maximum absolute atomic E-state index is 5.77. The lowest BCUT2D eigenvalue weighted by Crippen LogP contribution is -2.42. The third kappa shape index (κ3) is 3.69. The molecule has 2 heterocycles. The third-order valence-corrected chi connectivity index (χ3v) is 4.84. The van der Waals surface area contributed by atoms with Crippen LogP contribution in [0.1, 0.15) is 44.9 Å². The van der Waals surface area contributed by atoms with Gasteiger partial charge in [0.2, 0.25) is 0 Å². The van der Waals surface area contributed by atoms with Crippen LogP contribution >= 0.6 is 0 Å². The number of nitrogens with zero attached hydrogens (tertiary/aromatic N) is 1. The van der Waals surface area contributed by atoms with Crippen molar-refractivity contribution in [1.29, 1.82) is 0 Å². The Balaban J connectivity index is 1.27. The molecule has 0 atom stereocenters. The molecule has 0 unspecified atom stereocenters. The lowest BCUT2D eigenvalue weighted by Gasteiger charge is -2.35. The van der Waals surface area contributed by atoms with Crippen molar-refractivity contribution in [1.82, 2.24) is 10.2 Å². The van der Waals surface area contributed by atoms with E-state index in [1.165, 1.54) is 51.7 Å². The van der Waals surface area contributed by atoms with Gasteiger partial charge in [-0.25, -0.2) is 0 Å². The highest BCUT2D eigenvalue weighted by molar-refractivity contribution is 4.85. The van der Waals surface area contributed by atoms with Gasteiger partial charge in [0.25, 0.3) is 0 Å². The van der Waals surface area contributed by atoms with Gasteiger partial charge in [-0.1, -0.05) is 0 Å². The van der Waals surface area contributed by atoms with E-state index in [1.807, 2.05) is 0 Å². The molecule has 3 aliphatic rings. The van der Waals surface area contributed by atoms with Gasteiger partial charge in [-0.05, 0) is 58.3 Å². The summed E-state index contributed by atoms with van der Waals surface area (Å²) >= 11 is 0. The molecule has 3 fully saturated rings. The van der Waals surface area contributed by atoms with E-state index in [1.54, 1.807) is 0 Å². The topological polar surface area (TPSA) is 33.7 Å². The molecule has 0 amide bonds. The van der Waals surface area contributed by atoms with Crippen molar-refractivity contribution >= 4 is 0 Å². The molecule has 1 saturated carbocycles. The Kier molecular flexibility index (Phi) is 4.74. The fraction of sp³-hybridized carbons (Fsp3) is 1.00. The Bertz CT molecular complexity index is 263. The highest BCUT2D eigenvalue weighted by Gasteiger charge is 2.39. The van der Waals surface area contributed by atoms with E-state index in [0.29, 0.717) is 6.04 Å². The van der Waals surface area contributed by atoms with Crippen molar-refractivity contribution in [3.05, 3.63) is 0 Å². The van der Waals surface area contributed by atoms with Crippen LogP contribution in [0.3, 0.4) is 0 Å². The van der Waals surface area contributed by atoms with Gasteiger partial charge in [0.1, 0.15) is 0 Å². The summed E-state index contributed by atoms with van der Waals surface area (Å²) in [5.74, 6) is -0.201. The molecule has 110 valence electrons. The molecular formula is C15H28N2O2. The number of nitrogens with one attached hydrogen (secondary N) is 1. The van der Waals surface area contributed by atoms with E-state index in [-0.39, 0.29) is 5.79 Å². The molecule has 2 aliphatic heterocycles. The fourth-order valence-corrected chi connectivity index (χ4v) is 3.66. The van der Waals surface area contributed by atoms with E-state index in [9.17, 15) is 0 Å². The molecule has 0 aromatic carbocycles. The molecule has 19 heavy (non-hydrogen) atoms. The summed E-state index contributed by atoms with van der Waals surface area (Å²) in [5, 5.41) is 3.71. The van der Waals surface area contributed by atoms with Gasteiger partial charge in [0.15, 0.2) is 5.79 Å². The van der Waals surface area contributed by atoms with Crippen LogP contribution in [0.5, 0.6) is 0 Å². The average Bonchev–Trinajstić information content (AvgIpc) is 3.09. The Morgan fingerprint density at radius 3 is 2.42 bits per heavy atom. The summed E-state index contributed by atoms with van der Waals surface area (Å²) < 4.78 is 11.5. The van der Waals surface area contributed by atoms with Gasteiger partial charge >= 0.3 is 0 Å². The van der Waals surface area contributed by atoms with Gasteiger partial charge in [0.05, 0.1) is 13.2 Å². The summed E-state index contributed by atoms with van der Waals surface area (Å²) in [6.07, 6.45) is 8.62. The van der Waals surface area contributed by atoms with Crippen LogP contribution in [0.15, 0.2) is 0 Å². The Hall–Kier alpha value is -0.160. The predicted molar refractivity (Wildman–Crippen MR) is 75.2 cm³/mol. The fourth-order valence-electron chi connectivity index (χ4n) is 3.66. The molecule has 0 radical (unpaired) electrons. The van der Waals surface area contributed by atoms with E-state index in [4.69, 9.17) is 9.47 Å². The zero-order valence-corrected chi connectivity index (χ0v) is 12.0. The first-order valence-electron chi connectivity index (χ1n) is 8.10. The Labute approximate surface area is 116 Å². The monoisotopic (exact) mass is 268 g/mol. The summed E-state index contributed by atoms with van der Waals surface area (Å²) in [7, 11) is 0. The predicted octanol–water partition coefficient (Wildman–Crippen LogP) is 1.75. The number of rotatable bonds is 5. The summed E-state index contributed by atoms with van der Waals surface area (Å²) in [6.45, 7) is 6.65. The maximum Gasteiger partial charge on any atom is 0.168 e. The second-order valence-electron chi connectivity index (χ2n) is 6.24. The molecule has 2 saturated heterocycles. The van der Waals surface area contributed by atoms with Crippen molar-refractivity contribution in [2.75, 3.05) is 39.4 Å². The van der Waals surface area contributed by atoms with E-state index in [0.717, 1.165) is 32.6 Å². The molecule has 4 nitrogen and oxygen atoms in total. The molecule has 3 rings (SSSR count). The van der Waals surface area contributed by atoms with Crippen molar-refractivity contribution in [3.8, 4) is 0 Å². The highest BCUT2D eigenvalue weighted by Crippen LogP contribution is 2.35. The van der Waals surface area contributed by atoms with Crippen molar-refractivity contribution < 1.29 is 9.47 Å². The molecule has 0 aromatic rings. The Morgan fingerprint density at radius 1 is 1.05 bits per heavy atom. The van der Waals surface area contributed by atoms with Crippen LogP contribution in [0.4, 0.5) is 0 Å². The minimum absolute atomic E-state index is 0.201. The summed E-state index contributed by atoms with van der Waals surface area (Å²) in [6, 6.07) is 0.678. The molecule has 1 N–H and O–H groups in total. The highest BCUT2D eigenvalue weighted by atomic mass is 16.7. The van der Waals surface area contributed by atoms with E-state index >= 15 is 0 Å². The molecule has 0 bridgehead atoms. The van der Waals surface area contributed by atoms with Crippen LogP contribution in [0.2, 0.25) is 0 Å². The lowest BCUT2D eigenvalue weighted by atomic mass is 9.90. The third-order valence-electron chi connectivity index (χ3n) is 4.84. The lowest BCUT2D eigenvalue weighted by molar-refractivity contribution is -0.179. The summed E-state index contributed by atoms with van der Waals surface area (Å²) in [4.78, 5) is 2.59. The number of likely N-dealkylation sites (tertiary alicyclic amines) is 1. The van der Waals surface area contributed by atoms with Crippen molar-refractivity contribution in [3.63, 3.8) is 0 Å². The number of hydrogen-bond acceptors (Lipinski definition) is 4. The maximum atomic E-state index is 5.77. The van der Waals surface area contributed by atoms with Gasteiger partial charge in [0, 0.05) is 18.9 Å². The van der Waals surface area contributed by atoms with Crippen LogP contribution in [0, 0.1) is 0 Å². The van der Waals surface area contributed by atoms with Gasteiger partial charge in [-0.2, -0.15) is 0 Å². The molecule has 0 aromatic heterocycles. The first-order valence-corrected chi connectivity index (χ1v) is 8.10. The molecule has 1 aliphatic carbocycles. The molecule has 4 heteroatoms. The normalized spacial score (nSPS) is 28.4. The summed E-state index contributed by atoms with van der Waals surface area (Å²) in [5.41, 5.74) is 0. The average molecular weight is 268 g/mol. The number of hydrogen-bond donors (Lipinski definition) is 1. The zero-order valence-electron chi connectivity index (χ0n) is 12.0. The van der Waals surface area contributed by atoms with Crippen LogP contribution in [-0.2, 0) is 9.47 Å². The second kappa shape index (κ2) is 6.53. The zero-order chi connectivity index (χ0) is 13.0. The first-order chi connectivity index (χ1) is 9.36. The molecule has 1 spiro atoms. The van der Waals surface area contributed by atoms with Crippen LogP contribution in [-0.4, -0.2) is 56.1 Å². The van der Waals surface area contributed by atoms with Gasteiger partial charge in [-0.3, -0.25) is 0 Å². The van der Waals surface area contributed by atoms with Crippen molar-refractivity contribution in [2.24, 2.45) is 0 Å². The Morgan fingerprint density at radius 2 is 1.74 bits per heavy atom. The number of ether oxygens (including phenoxy) is 2. The molecular weight excluding hydrogens is 240 g/mol. The largest absolute Gasteiger partial charge is 0.348 e. The van der Waals surface area contributed by atoms with Gasteiger partial charge in [-0.15, -0.1) is 0 Å². The second-order valence-corrected chi connectivity index (χ2v) is 6.24. The smallest absolute Gasteiger partial charge is 0.168 e. The standard InChI is InChI=1S/C15H28N2O2/c1-2-10-17(9-1)11-3-8-16-14-4-6-15(7-5-14)18-12-13-19-15/h14,16H,1-13H2. The minimum Gasteiger partial charge on any atom is -0.348 e. The van der Waals surface area contributed by atoms with Gasteiger partial charge < -0.3 is 19.7 Å². The first kappa shape index (κ1) is 13.8. The van der Waals surface area contributed by atoms with Crippen molar-refractivity contribution in [2.45, 2.75) is 56.8 Å². The van der Waals surface area contributed by atoms with E-state index < -0.39 is 0 Å². The van der Waals surface area contributed by atoms with Crippen LogP contribution in [0.25, 0.3) is 0 Å². The van der Waals surface area contributed by atoms with Crippen LogP contribution < -0.4 is 5.32 Å². The van der Waals surface area contributed by atoms with E-state index in [2.05, 4.69) is 10.2 Å². The SMILES string of the molecule is C1CCN(CCCNC2CCC3(CC2)OCCO3)C1.